The summed E-state index contributed by atoms with van der Waals surface area (Å²) in [5.74, 6) is 0.849. The SMILES string of the molecule is CCOc1ccc(-c2nnc(CCCC(=O)O)o2)cc1. The molecule has 0 fully saturated rings. The summed E-state index contributed by atoms with van der Waals surface area (Å²) in [5, 5.41) is 16.4. The van der Waals surface area contributed by atoms with E-state index in [-0.39, 0.29) is 6.42 Å². The van der Waals surface area contributed by atoms with Crippen LogP contribution in [0.15, 0.2) is 28.7 Å². The third kappa shape index (κ3) is 3.81. The number of nitrogens with zero attached hydrogens (tertiary/aromatic N) is 2. The van der Waals surface area contributed by atoms with Crippen LogP contribution in [-0.4, -0.2) is 27.9 Å². The molecule has 1 aromatic heterocycles. The Hall–Kier alpha value is -2.37. The minimum Gasteiger partial charge on any atom is -0.494 e. The van der Waals surface area contributed by atoms with E-state index < -0.39 is 5.97 Å². The predicted molar refractivity (Wildman–Crippen MR) is 71.5 cm³/mol. The van der Waals surface area contributed by atoms with Crippen LogP contribution in [0.5, 0.6) is 5.75 Å². The topological polar surface area (TPSA) is 85.5 Å². The first-order valence-corrected chi connectivity index (χ1v) is 6.46. The summed E-state index contributed by atoms with van der Waals surface area (Å²) in [7, 11) is 0. The van der Waals surface area contributed by atoms with Crippen molar-refractivity contribution in [2.24, 2.45) is 0 Å². The minimum atomic E-state index is -0.823. The average molecular weight is 276 g/mol. The number of aryl methyl sites for hydroxylation is 1. The second-order valence-electron chi connectivity index (χ2n) is 4.21. The van der Waals surface area contributed by atoms with E-state index in [0.29, 0.717) is 31.2 Å². The van der Waals surface area contributed by atoms with Crippen molar-refractivity contribution in [2.75, 3.05) is 6.61 Å². The van der Waals surface area contributed by atoms with Gasteiger partial charge in [0, 0.05) is 18.4 Å². The molecule has 0 spiro atoms. The highest BCUT2D eigenvalue weighted by Gasteiger charge is 2.09. The molecule has 0 saturated heterocycles. The fourth-order valence-corrected chi connectivity index (χ4v) is 1.72. The first kappa shape index (κ1) is 14.0. The Bertz CT molecular complexity index is 563. The summed E-state index contributed by atoms with van der Waals surface area (Å²) in [6, 6.07) is 7.37. The standard InChI is InChI=1S/C14H16N2O4/c1-2-19-11-8-6-10(7-9-11)14-16-15-12(20-14)4-3-5-13(17)18/h6-9H,2-5H2,1H3,(H,17,18). The van der Waals surface area contributed by atoms with Crippen LogP contribution >= 0.6 is 0 Å². The maximum atomic E-state index is 10.4. The summed E-state index contributed by atoms with van der Waals surface area (Å²) in [5.41, 5.74) is 0.811. The second-order valence-corrected chi connectivity index (χ2v) is 4.21. The van der Waals surface area contributed by atoms with Gasteiger partial charge >= 0.3 is 5.97 Å². The number of benzene rings is 1. The van der Waals surface area contributed by atoms with Gasteiger partial charge in [-0.2, -0.15) is 0 Å². The van der Waals surface area contributed by atoms with Crippen LogP contribution in [0.2, 0.25) is 0 Å². The zero-order chi connectivity index (χ0) is 14.4. The molecule has 0 saturated carbocycles. The fourth-order valence-electron chi connectivity index (χ4n) is 1.72. The van der Waals surface area contributed by atoms with Gasteiger partial charge in [0.2, 0.25) is 11.8 Å². The molecule has 0 aliphatic carbocycles. The van der Waals surface area contributed by atoms with Gasteiger partial charge in [0.15, 0.2) is 0 Å². The lowest BCUT2D eigenvalue weighted by Crippen LogP contribution is -1.95. The van der Waals surface area contributed by atoms with E-state index in [1.807, 2.05) is 31.2 Å². The molecule has 0 aliphatic rings. The minimum absolute atomic E-state index is 0.0980. The average Bonchev–Trinajstić information content (AvgIpc) is 2.88. The number of hydrogen-bond acceptors (Lipinski definition) is 5. The first-order chi connectivity index (χ1) is 9.69. The van der Waals surface area contributed by atoms with Crippen molar-refractivity contribution in [3.8, 4) is 17.2 Å². The lowest BCUT2D eigenvalue weighted by molar-refractivity contribution is -0.137. The summed E-state index contributed by atoms with van der Waals surface area (Å²) in [6.07, 6.45) is 1.05. The van der Waals surface area contributed by atoms with E-state index >= 15 is 0 Å². The highest BCUT2D eigenvalue weighted by Crippen LogP contribution is 2.21. The van der Waals surface area contributed by atoms with Gasteiger partial charge in [0.05, 0.1) is 6.61 Å². The van der Waals surface area contributed by atoms with Crippen molar-refractivity contribution in [3.63, 3.8) is 0 Å². The van der Waals surface area contributed by atoms with Crippen molar-refractivity contribution in [2.45, 2.75) is 26.2 Å². The van der Waals surface area contributed by atoms with Crippen LogP contribution in [0.3, 0.4) is 0 Å². The Morgan fingerprint density at radius 1 is 1.30 bits per heavy atom. The number of carboxylic acid groups (broad SMARTS) is 1. The largest absolute Gasteiger partial charge is 0.494 e. The van der Waals surface area contributed by atoms with E-state index in [2.05, 4.69) is 10.2 Å². The highest BCUT2D eigenvalue weighted by molar-refractivity contribution is 5.66. The van der Waals surface area contributed by atoms with Crippen LogP contribution in [0, 0.1) is 0 Å². The Morgan fingerprint density at radius 2 is 2.05 bits per heavy atom. The summed E-state index contributed by atoms with van der Waals surface area (Å²) in [6.45, 7) is 2.54. The fraction of sp³-hybridized carbons (Fsp3) is 0.357. The maximum Gasteiger partial charge on any atom is 0.303 e. The van der Waals surface area contributed by atoms with Crippen molar-refractivity contribution < 1.29 is 19.1 Å². The molecule has 1 N–H and O–H groups in total. The van der Waals surface area contributed by atoms with Crippen LogP contribution < -0.4 is 4.74 Å². The normalized spacial score (nSPS) is 10.4. The molecule has 2 rings (SSSR count). The number of aromatic nitrogens is 2. The van der Waals surface area contributed by atoms with E-state index in [1.165, 1.54) is 0 Å². The number of hydrogen-bond donors (Lipinski definition) is 1. The smallest absolute Gasteiger partial charge is 0.303 e. The third-order valence-electron chi connectivity index (χ3n) is 2.66. The molecule has 6 heteroatoms. The van der Waals surface area contributed by atoms with Crippen LogP contribution in [0.1, 0.15) is 25.7 Å². The van der Waals surface area contributed by atoms with Crippen molar-refractivity contribution in [1.82, 2.24) is 10.2 Å². The zero-order valence-corrected chi connectivity index (χ0v) is 11.2. The van der Waals surface area contributed by atoms with Gasteiger partial charge in [-0.25, -0.2) is 0 Å². The van der Waals surface area contributed by atoms with Gasteiger partial charge in [-0.1, -0.05) is 0 Å². The molecule has 0 bridgehead atoms. The highest BCUT2D eigenvalue weighted by atomic mass is 16.5. The van der Waals surface area contributed by atoms with E-state index in [1.54, 1.807) is 0 Å². The molecule has 20 heavy (non-hydrogen) atoms. The number of rotatable bonds is 7. The summed E-state index contributed by atoms with van der Waals surface area (Å²) >= 11 is 0. The summed E-state index contributed by atoms with van der Waals surface area (Å²) in [4.78, 5) is 10.4. The molecule has 1 heterocycles. The van der Waals surface area contributed by atoms with Crippen LogP contribution in [0.25, 0.3) is 11.5 Å². The number of carbonyl (C=O) groups is 1. The van der Waals surface area contributed by atoms with Crippen LogP contribution in [0.4, 0.5) is 0 Å². The Balaban J connectivity index is 1.98. The first-order valence-electron chi connectivity index (χ1n) is 6.46. The van der Waals surface area contributed by atoms with Gasteiger partial charge in [-0.3, -0.25) is 4.79 Å². The second kappa shape index (κ2) is 6.70. The number of carboxylic acids is 1. The van der Waals surface area contributed by atoms with E-state index in [9.17, 15) is 4.79 Å². The monoisotopic (exact) mass is 276 g/mol. The van der Waals surface area contributed by atoms with Gasteiger partial charge < -0.3 is 14.3 Å². The molecule has 0 unspecified atom stereocenters. The molecule has 2 aromatic rings. The number of ether oxygens (including phenoxy) is 1. The molecule has 0 amide bonds. The lowest BCUT2D eigenvalue weighted by atomic mass is 10.2. The summed E-state index contributed by atoms with van der Waals surface area (Å²) < 4.78 is 10.9. The Kier molecular flexibility index (Phi) is 4.70. The predicted octanol–water partition coefficient (Wildman–Crippen LogP) is 2.54. The van der Waals surface area contributed by atoms with Crippen molar-refractivity contribution in [3.05, 3.63) is 30.2 Å². The van der Waals surface area contributed by atoms with Gasteiger partial charge in [-0.15, -0.1) is 10.2 Å². The Morgan fingerprint density at radius 3 is 2.70 bits per heavy atom. The van der Waals surface area contributed by atoms with Crippen molar-refractivity contribution >= 4 is 5.97 Å². The van der Waals surface area contributed by atoms with E-state index in [4.69, 9.17) is 14.3 Å². The number of aliphatic carboxylic acids is 1. The molecule has 0 aliphatic heterocycles. The zero-order valence-electron chi connectivity index (χ0n) is 11.2. The Labute approximate surface area is 116 Å². The van der Waals surface area contributed by atoms with E-state index in [0.717, 1.165) is 11.3 Å². The quantitative estimate of drug-likeness (QED) is 0.836. The molecule has 0 atom stereocenters. The molecule has 1 aromatic carbocycles. The van der Waals surface area contributed by atoms with Gasteiger partial charge in [0.1, 0.15) is 5.75 Å². The molecular weight excluding hydrogens is 260 g/mol. The third-order valence-corrected chi connectivity index (χ3v) is 2.66. The lowest BCUT2D eigenvalue weighted by Gasteiger charge is -2.02. The van der Waals surface area contributed by atoms with Gasteiger partial charge in [-0.05, 0) is 37.6 Å². The molecule has 0 radical (unpaired) electrons. The molecule has 6 nitrogen and oxygen atoms in total. The molecular formula is C14H16N2O4. The molecule has 106 valence electrons. The van der Waals surface area contributed by atoms with Crippen molar-refractivity contribution in [1.29, 1.82) is 0 Å². The van der Waals surface area contributed by atoms with Crippen LogP contribution in [-0.2, 0) is 11.2 Å². The maximum absolute atomic E-state index is 10.4. The van der Waals surface area contributed by atoms with Gasteiger partial charge in [0.25, 0.3) is 0 Å².